The molecule has 0 aliphatic rings. The summed E-state index contributed by atoms with van der Waals surface area (Å²) in [6.07, 6.45) is 70.7. The van der Waals surface area contributed by atoms with Crippen LogP contribution in [0.4, 0.5) is 0 Å². The van der Waals surface area contributed by atoms with Gasteiger partial charge in [0.05, 0.1) is 0 Å². The van der Waals surface area contributed by atoms with Gasteiger partial charge in [0.2, 0.25) is 11.8 Å². The van der Waals surface area contributed by atoms with Crippen molar-refractivity contribution in [3.05, 3.63) is 48.6 Å². The first-order valence-electron chi connectivity index (χ1n) is 23.9. The SMILES string of the molecule is NC(=O)C=CC=CCCCCCCCCCCCCCCCCCCCCCCCCCCCCCCCCCCCCCCCCC=CC=CC(N)=O. The van der Waals surface area contributed by atoms with E-state index in [0.29, 0.717) is 0 Å². The number of unbranched alkanes of at least 4 members (excludes halogenated alkanes) is 39. The lowest BCUT2D eigenvalue weighted by Gasteiger charge is -2.05. The predicted octanol–water partition coefficient (Wildman–Crippen LogP) is 15.8. The van der Waals surface area contributed by atoms with E-state index in [1.165, 1.54) is 256 Å². The Morgan fingerprint density at radius 2 is 0.389 bits per heavy atom. The summed E-state index contributed by atoms with van der Waals surface area (Å²) in [5.41, 5.74) is 10.1. The maximum absolute atomic E-state index is 10.6. The third-order valence-electron chi connectivity index (χ3n) is 11.0. The van der Waals surface area contributed by atoms with Gasteiger partial charge in [0.1, 0.15) is 0 Å². The van der Waals surface area contributed by atoms with Crippen LogP contribution in [0.5, 0.6) is 0 Å². The van der Waals surface area contributed by atoms with Gasteiger partial charge in [0, 0.05) is 12.2 Å². The van der Waals surface area contributed by atoms with E-state index in [1.54, 1.807) is 12.2 Å². The number of primary amides is 2. The van der Waals surface area contributed by atoms with Crippen LogP contribution in [0.2, 0.25) is 0 Å². The van der Waals surface area contributed by atoms with Gasteiger partial charge in [-0.2, -0.15) is 0 Å². The second-order valence-corrected chi connectivity index (χ2v) is 16.4. The highest BCUT2D eigenvalue weighted by Gasteiger charge is 1.98. The zero-order valence-corrected chi connectivity index (χ0v) is 35.9. The average Bonchev–Trinajstić information content (AvgIpc) is 3.15. The first-order valence-corrected chi connectivity index (χ1v) is 23.9. The monoisotopic (exact) mass is 753 g/mol. The van der Waals surface area contributed by atoms with Crippen molar-refractivity contribution in [3.63, 3.8) is 0 Å². The summed E-state index contributed by atoms with van der Waals surface area (Å²) in [4.78, 5) is 21.2. The van der Waals surface area contributed by atoms with Gasteiger partial charge in [-0.15, -0.1) is 0 Å². The maximum atomic E-state index is 10.6. The molecule has 314 valence electrons. The Morgan fingerprint density at radius 3 is 0.537 bits per heavy atom. The van der Waals surface area contributed by atoms with Crippen molar-refractivity contribution < 1.29 is 9.59 Å². The molecule has 0 rings (SSSR count). The van der Waals surface area contributed by atoms with E-state index >= 15 is 0 Å². The van der Waals surface area contributed by atoms with E-state index in [4.69, 9.17) is 11.5 Å². The third-order valence-corrected chi connectivity index (χ3v) is 11.0. The molecular formula is C50H92N2O2. The molecule has 0 aliphatic heterocycles. The molecule has 0 radical (unpaired) electrons. The molecule has 0 spiro atoms. The Hall–Kier alpha value is -2.10. The van der Waals surface area contributed by atoms with Crippen molar-refractivity contribution in [2.75, 3.05) is 0 Å². The van der Waals surface area contributed by atoms with E-state index in [0.717, 1.165) is 12.8 Å². The van der Waals surface area contributed by atoms with Crippen LogP contribution in [-0.2, 0) is 9.59 Å². The van der Waals surface area contributed by atoms with Crippen molar-refractivity contribution in [2.24, 2.45) is 11.5 Å². The fourth-order valence-corrected chi connectivity index (χ4v) is 7.54. The minimum Gasteiger partial charge on any atom is -0.366 e. The highest BCUT2D eigenvalue weighted by molar-refractivity contribution is 5.86. The lowest BCUT2D eigenvalue weighted by molar-refractivity contribution is -0.114. The number of nitrogens with two attached hydrogens (primary N) is 2. The smallest absolute Gasteiger partial charge is 0.241 e. The molecule has 4 nitrogen and oxygen atoms in total. The van der Waals surface area contributed by atoms with Crippen LogP contribution in [-0.4, -0.2) is 11.8 Å². The van der Waals surface area contributed by atoms with Crippen LogP contribution in [0.25, 0.3) is 0 Å². The minimum absolute atomic E-state index is 0.382. The van der Waals surface area contributed by atoms with E-state index in [1.807, 2.05) is 12.2 Å². The molecule has 2 amide bonds. The van der Waals surface area contributed by atoms with Gasteiger partial charge in [-0.05, 0) is 25.7 Å². The molecule has 4 heteroatoms. The second kappa shape index (κ2) is 47.1. The molecule has 0 aromatic heterocycles. The number of hydrogen-bond donors (Lipinski definition) is 2. The van der Waals surface area contributed by atoms with Crippen molar-refractivity contribution in [2.45, 2.75) is 257 Å². The molecule has 0 fully saturated rings. The molecule has 0 atom stereocenters. The number of carbonyl (C=O) groups is 2. The number of rotatable bonds is 45. The van der Waals surface area contributed by atoms with Crippen LogP contribution in [0.3, 0.4) is 0 Å². The van der Waals surface area contributed by atoms with Gasteiger partial charge >= 0.3 is 0 Å². The summed E-state index contributed by atoms with van der Waals surface area (Å²) in [7, 11) is 0. The Morgan fingerprint density at radius 1 is 0.241 bits per heavy atom. The standard InChI is InChI=1S/C50H92N2O2/c51-49(53)47-45-43-41-39-37-35-33-31-29-27-25-23-21-19-17-15-13-11-9-7-5-3-1-2-4-6-8-10-12-14-16-18-20-22-24-26-28-30-32-34-36-38-40-42-44-46-48-50(52)54/h41-48H,1-40H2,(H2,51,53)(H2,52,54). The lowest BCUT2D eigenvalue weighted by atomic mass is 10.0. The minimum atomic E-state index is -0.382. The molecule has 54 heavy (non-hydrogen) atoms. The van der Waals surface area contributed by atoms with E-state index in [2.05, 4.69) is 12.2 Å². The number of amides is 2. The summed E-state index contributed by atoms with van der Waals surface area (Å²) in [5, 5.41) is 0. The topological polar surface area (TPSA) is 86.2 Å². The van der Waals surface area contributed by atoms with E-state index < -0.39 is 0 Å². The fraction of sp³-hybridized carbons (Fsp3) is 0.800. The molecular weight excluding hydrogens is 661 g/mol. The number of hydrogen-bond acceptors (Lipinski definition) is 2. The molecule has 0 saturated carbocycles. The van der Waals surface area contributed by atoms with Gasteiger partial charge in [0.25, 0.3) is 0 Å². The Bertz CT molecular complexity index is 817. The number of carbonyl (C=O) groups excluding carboxylic acids is 2. The molecule has 0 bridgehead atoms. The zero-order valence-electron chi connectivity index (χ0n) is 35.9. The van der Waals surface area contributed by atoms with Crippen LogP contribution < -0.4 is 11.5 Å². The maximum Gasteiger partial charge on any atom is 0.241 e. The third kappa shape index (κ3) is 49.9. The van der Waals surface area contributed by atoms with Gasteiger partial charge in [-0.25, -0.2) is 0 Å². The van der Waals surface area contributed by atoms with Crippen molar-refractivity contribution in [1.29, 1.82) is 0 Å². The molecule has 4 N–H and O–H groups in total. The summed E-state index contributed by atoms with van der Waals surface area (Å²) in [5.74, 6) is -0.763. The van der Waals surface area contributed by atoms with Crippen LogP contribution in [0.15, 0.2) is 48.6 Å². The van der Waals surface area contributed by atoms with Crippen LogP contribution in [0.1, 0.15) is 257 Å². The largest absolute Gasteiger partial charge is 0.366 e. The van der Waals surface area contributed by atoms with E-state index in [9.17, 15) is 9.59 Å². The quantitative estimate of drug-likeness (QED) is 0.0369. The van der Waals surface area contributed by atoms with Crippen LogP contribution >= 0.6 is 0 Å². The van der Waals surface area contributed by atoms with Gasteiger partial charge in [-0.1, -0.05) is 268 Å². The Balaban J connectivity index is 3.11. The van der Waals surface area contributed by atoms with Gasteiger partial charge in [-0.3, -0.25) is 9.59 Å². The van der Waals surface area contributed by atoms with Crippen molar-refractivity contribution >= 4 is 11.8 Å². The average molecular weight is 753 g/mol. The highest BCUT2D eigenvalue weighted by atomic mass is 16.1. The molecule has 0 saturated heterocycles. The summed E-state index contributed by atoms with van der Waals surface area (Å²) >= 11 is 0. The summed E-state index contributed by atoms with van der Waals surface area (Å²) in [6, 6.07) is 0. The van der Waals surface area contributed by atoms with Crippen LogP contribution in [0, 0.1) is 0 Å². The molecule has 0 heterocycles. The molecule has 0 aromatic rings. The molecule has 0 aliphatic carbocycles. The van der Waals surface area contributed by atoms with E-state index in [-0.39, 0.29) is 11.8 Å². The normalized spacial score (nSPS) is 12.1. The highest BCUT2D eigenvalue weighted by Crippen LogP contribution is 2.18. The van der Waals surface area contributed by atoms with Crippen molar-refractivity contribution in [1.82, 2.24) is 0 Å². The first-order chi connectivity index (χ1) is 26.6. The number of allylic oxidation sites excluding steroid dienone is 6. The first kappa shape index (κ1) is 51.9. The summed E-state index contributed by atoms with van der Waals surface area (Å²) < 4.78 is 0. The van der Waals surface area contributed by atoms with Crippen molar-refractivity contribution in [3.8, 4) is 0 Å². The predicted molar refractivity (Wildman–Crippen MR) is 240 cm³/mol. The Labute approximate surface area is 337 Å². The second-order valence-electron chi connectivity index (χ2n) is 16.4. The van der Waals surface area contributed by atoms with Gasteiger partial charge in [0.15, 0.2) is 0 Å². The fourth-order valence-electron chi connectivity index (χ4n) is 7.54. The zero-order chi connectivity index (χ0) is 39.1. The Kier molecular flexibility index (Phi) is 45.2. The molecule has 0 unspecified atom stereocenters. The lowest BCUT2D eigenvalue weighted by Crippen LogP contribution is -2.04. The summed E-state index contributed by atoms with van der Waals surface area (Å²) in [6.45, 7) is 0. The van der Waals surface area contributed by atoms with Gasteiger partial charge < -0.3 is 11.5 Å². The molecule has 0 aromatic carbocycles.